The van der Waals surface area contributed by atoms with Crippen molar-refractivity contribution >= 4 is 38.5 Å². The number of nitrogens with zero attached hydrogens (tertiary/aromatic N) is 1. The van der Waals surface area contributed by atoms with Crippen LogP contribution in [-0.2, 0) is 9.76 Å². The second-order valence-corrected chi connectivity index (χ2v) is 3.21. The van der Waals surface area contributed by atoms with Gasteiger partial charge in [-0.1, -0.05) is 44.6 Å². The predicted octanol–water partition coefficient (Wildman–Crippen LogP) is 2.91. The van der Waals surface area contributed by atoms with Crippen LogP contribution >= 0.6 is 38.5 Å². The van der Waals surface area contributed by atoms with Crippen LogP contribution in [0.15, 0.2) is 18.2 Å². The summed E-state index contributed by atoms with van der Waals surface area (Å²) in [4.78, 5) is 4.36. The Morgan fingerprint density at radius 1 is 1.40 bits per heavy atom. The van der Waals surface area contributed by atoms with E-state index < -0.39 is 0 Å². The molecule has 0 fully saturated rings. The quantitative estimate of drug-likeness (QED) is 0.604. The fourth-order valence-corrected chi connectivity index (χ4v) is 1.42. The summed E-state index contributed by atoms with van der Waals surface area (Å²) in [6.45, 7) is 0. The zero-order valence-corrected chi connectivity index (χ0v) is 9.09. The van der Waals surface area contributed by atoms with Crippen molar-refractivity contribution in [3.05, 3.63) is 29.6 Å². The normalized spacial score (nSPS) is 9.80. The third-order valence-electron chi connectivity index (χ3n) is 1.14. The van der Waals surface area contributed by atoms with Gasteiger partial charge >= 0.3 is 0 Å². The highest BCUT2D eigenvalue weighted by Crippen LogP contribution is 2.06. The Morgan fingerprint density at radius 3 is 2.70 bits per heavy atom. The third-order valence-corrected chi connectivity index (χ3v) is 2.49. The number of alkyl halides is 2. The highest BCUT2D eigenvalue weighted by atomic mass is 127. The first-order valence-electron chi connectivity index (χ1n) is 2.93. The maximum atomic E-state index is 4.36. The highest BCUT2D eigenvalue weighted by Gasteiger charge is 1.92. The SMILES string of the molecule is BrCc1cccc(CI)n1. The number of hydrogen-bond acceptors (Lipinski definition) is 1. The molecule has 3 heteroatoms. The largest absolute Gasteiger partial charge is 0.256 e. The van der Waals surface area contributed by atoms with Crippen molar-refractivity contribution in [3.63, 3.8) is 0 Å². The molecule has 0 spiro atoms. The summed E-state index contributed by atoms with van der Waals surface area (Å²) in [5, 5.41) is 0.845. The van der Waals surface area contributed by atoms with Crippen molar-refractivity contribution in [2.45, 2.75) is 9.76 Å². The first-order valence-corrected chi connectivity index (χ1v) is 5.58. The van der Waals surface area contributed by atoms with Gasteiger partial charge in [0, 0.05) is 9.76 Å². The van der Waals surface area contributed by atoms with Crippen LogP contribution in [0.2, 0.25) is 0 Å². The molecule has 1 aromatic heterocycles. The Morgan fingerprint density at radius 2 is 2.10 bits per heavy atom. The molecule has 0 radical (unpaired) electrons. The van der Waals surface area contributed by atoms with Gasteiger partial charge in [-0.05, 0) is 12.1 Å². The van der Waals surface area contributed by atoms with E-state index in [1.54, 1.807) is 0 Å². The van der Waals surface area contributed by atoms with Gasteiger partial charge in [0.15, 0.2) is 0 Å². The highest BCUT2D eigenvalue weighted by molar-refractivity contribution is 14.1. The molecule has 54 valence electrons. The van der Waals surface area contributed by atoms with E-state index in [-0.39, 0.29) is 0 Å². The fourth-order valence-electron chi connectivity index (χ4n) is 0.678. The van der Waals surface area contributed by atoms with E-state index in [1.165, 1.54) is 0 Å². The van der Waals surface area contributed by atoms with Crippen LogP contribution in [0, 0.1) is 0 Å². The molecular weight excluding hydrogens is 305 g/mol. The summed E-state index contributed by atoms with van der Waals surface area (Å²) in [5.74, 6) is 0. The second-order valence-electron chi connectivity index (χ2n) is 1.89. The van der Waals surface area contributed by atoms with Crippen LogP contribution in [0.4, 0.5) is 0 Å². The van der Waals surface area contributed by atoms with Gasteiger partial charge in [0.05, 0.1) is 11.4 Å². The van der Waals surface area contributed by atoms with Gasteiger partial charge in [-0.25, -0.2) is 0 Å². The van der Waals surface area contributed by atoms with Crippen molar-refractivity contribution in [3.8, 4) is 0 Å². The number of pyridine rings is 1. The molecule has 0 saturated heterocycles. The van der Waals surface area contributed by atoms with Gasteiger partial charge in [0.1, 0.15) is 0 Å². The lowest BCUT2D eigenvalue weighted by Crippen LogP contribution is -1.88. The van der Waals surface area contributed by atoms with E-state index in [0.717, 1.165) is 21.1 Å². The summed E-state index contributed by atoms with van der Waals surface area (Å²) in [7, 11) is 0. The Bertz CT molecular complexity index is 195. The molecule has 1 rings (SSSR count). The van der Waals surface area contributed by atoms with Gasteiger partial charge in [-0.15, -0.1) is 0 Å². The van der Waals surface area contributed by atoms with Gasteiger partial charge in [0.25, 0.3) is 0 Å². The lowest BCUT2D eigenvalue weighted by molar-refractivity contribution is 1.11. The minimum atomic E-state index is 0.845. The average Bonchev–Trinajstić information content (AvgIpc) is 2.05. The molecule has 0 unspecified atom stereocenters. The molecule has 0 aliphatic heterocycles. The van der Waals surface area contributed by atoms with E-state index in [4.69, 9.17) is 0 Å². The first kappa shape index (κ1) is 8.46. The maximum absolute atomic E-state index is 4.36. The zero-order chi connectivity index (χ0) is 7.40. The summed E-state index contributed by atoms with van der Waals surface area (Å²) in [5.41, 5.74) is 2.26. The van der Waals surface area contributed by atoms with Crippen LogP contribution in [0.1, 0.15) is 11.4 Å². The van der Waals surface area contributed by atoms with Gasteiger partial charge in [-0.2, -0.15) is 0 Å². The van der Waals surface area contributed by atoms with Crippen LogP contribution < -0.4 is 0 Å². The molecule has 0 bridgehead atoms. The van der Waals surface area contributed by atoms with Crippen LogP contribution in [0.25, 0.3) is 0 Å². The Kier molecular flexibility index (Phi) is 3.62. The molecule has 1 nitrogen and oxygen atoms in total. The van der Waals surface area contributed by atoms with E-state index in [2.05, 4.69) is 43.5 Å². The molecule has 0 aliphatic rings. The Labute approximate surface area is 82.5 Å². The minimum absolute atomic E-state index is 0.845. The van der Waals surface area contributed by atoms with Crippen molar-refractivity contribution in [2.75, 3.05) is 0 Å². The maximum Gasteiger partial charge on any atom is 0.0512 e. The molecule has 0 aromatic carbocycles. The van der Waals surface area contributed by atoms with E-state index >= 15 is 0 Å². The summed E-state index contributed by atoms with van der Waals surface area (Å²) in [6.07, 6.45) is 0. The number of halogens is 2. The lowest BCUT2D eigenvalue weighted by Gasteiger charge is -1.96. The molecule has 10 heavy (non-hydrogen) atoms. The van der Waals surface area contributed by atoms with Crippen molar-refractivity contribution in [2.24, 2.45) is 0 Å². The Balaban J connectivity index is 2.87. The summed E-state index contributed by atoms with van der Waals surface area (Å²) in [6, 6.07) is 6.10. The number of aromatic nitrogens is 1. The second kappa shape index (κ2) is 4.28. The lowest BCUT2D eigenvalue weighted by atomic mass is 10.3. The zero-order valence-electron chi connectivity index (χ0n) is 5.35. The number of hydrogen-bond donors (Lipinski definition) is 0. The first-order chi connectivity index (χ1) is 4.86. The van der Waals surface area contributed by atoms with Crippen molar-refractivity contribution in [1.82, 2.24) is 4.98 Å². The monoisotopic (exact) mass is 311 g/mol. The molecule has 0 N–H and O–H groups in total. The predicted molar refractivity (Wildman–Crippen MR) is 54.6 cm³/mol. The van der Waals surface area contributed by atoms with E-state index in [1.807, 2.05) is 18.2 Å². The smallest absolute Gasteiger partial charge is 0.0512 e. The average molecular weight is 312 g/mol. The topological polar surface area (TPSA) is 12.9 Å². The number of rotatable bonds is 2. The molecule has 0 aliphatic carbocycles. The standard InChI is InChI=1S/C7H7BrIN/c8-4-6-2-1-3-7(5-9)10-6/h1-3H,4-5H2. The molecule has 1 heterocycles. The molecule has 0 amide bonds. The van der Waals surface area contributed by atoms with Gasteiger partial charge in [0.2, 0.25) is 0 Å². The van der Waals surface area contributed by atoms with Gasteiger partial charge < -0.3 is 0 Å². The third kappa shape index (κ3) is 2.20. The Hall–Kier alpha value is 0.360. The summed E-state index contributed by atoms with van der Waals surface area (Å²) >= 11 is 5.66. The van der Waals surface area contributed by atoms with Gasteiger partial charge in [-0.3, -0.25) is 4.98 Å². The minimum Gasteiger partial charge on any atom is -0.256 e. The van der Waals surface area contributed by atoms with E-state index in [0.29, 0.717) is 0 Å². The van der Waals surface area contributed by atoms with Crippen LogP contribution in [0.3, 0.4) is 0 Å². The molecule has 0 atom stereocenters. The van der Waals surface area contributed by atoms with Crippen molar-refractivity contribution in [1.29, 1.82) is 0 Å². The molecular formula is C7H7BrIN. The van der Waals surface area contributed by atoms with Crippen LogP contribution in [-0.4, -0.2) is 4.98 Å². The van der Waals surface area contributed by atoms with Crippen molar-refractivity contribution < 1.29 is 0 Å². The van der Waals surface area contributed by atoms with Crippen LogP contribution in [0.5, 0.6) is 0 Å². The fraction of sp³-hybridized carbons (Fsp3) is 0.286. The molecule has 0 saturated carbocycles. The summed E-state index contributed by atoms with van der Waals surface area (Å²) < 4.78 is 0.985. The molecule has 1 aromatic rings. The van der Waals surface area contributed by atoms with E-state index in [9.17, 15) is 0 Å².